The first-order valence-electron chi connectivity index (χ1n) is 6.75. The van der Waals surface area contributed by atoms with E-state index in [-0.39, 0.29) is 5.69 Å². The summed E-state index contributed by atoms with van der Waals surface area (Å²) in [5.74, 6) is -1.25. The van der Waals surface area contributed by atoms with Crippen molar-refractivity contribution >= 4 is 40.5 Å². The van der Waals surface area contributed by atoms with Crippen molar-refractivity contribution in [3.8, 4) is 18.1 Å². The van der Waals surface area contributed by atoms with Gasteiger partial charge in [-0.05, 0) is 35.6 Å². The first kappa shape index (κ1) is 19.6. The number of hydrogen-bond acceptors (Lipinski definition) is 4. The van der Waals surface area contributed by atoms with Crippen LogP contribution in [0.3, 0.4) is 0 Å². The molecule has 0 aliphatic rings. The predicted octanol–water partition coefficient (Wildman–Crippen LogP) is 4.09. The number of carboxylic acid groups (broad SMARTS) is 1. The van der Waals surface area contributed by atoms with Crippen molar-refractivity contribution in [3.63, 3.8) is 0 Å². The van der Waals surface area contributed by atoms with Crippen LogP contribution in [0.1, 0.15) is 10.9 Å². The maximum atomic E-state index is 12.3. The molecule has 2 aromatic rings. The molecule has 136 valence electrons. The van der Waals surface area contributed by atoms with Gasteiger partial charge < -0.3 is 9.84 Å². The minimum absolute atomic E-state index is 0.0896. The highest BCUT2D eigenvalue weighted by atomic mass is 35.5. The lowest BCUT2D eigenvalue weighted by Crippen LogP contribution is -2.38. The molecule has 0 saturated heterocycles. The smallest absolute Gasteiger partial charge is 0.479 e. The number of nitrogens with zero attached hydrogens (tertiary/aromatic N) is 1. The van der Waals surface area contributed by atoms with Crippen molar-refractivity contribution in [1.29, 1.82) is 0 Å². The van der Waals surface area contributed by atoms with Crippen molar-refractivity contribution in [1.82, 2.24) is 0 Å². The van der Waals surface area contributed by atoms with Gasteiger partial charge in [-0.1, -0.05) is 17.7 Å². The number of ether oxygens (including phenoxy) is 1. The zero-order valence-electron chi connectivity index (χ0n) is 12.7. The molecule has 0 saturated carbocycles. The second kappa shape index (κ2) is 7.68. The van der Waals surface area contributed by atoms with Gasteiger partial charge in [-0.15, -0.1) is 30.9 Å². The number of alkyl halides is 3. The molecule has 2 rings (SSSR count). The SMILES string of the molecule is C#CC(=O)N(c1ccc(OC(F)(F)F)c(Cl)c1)C(C(=O)O)c1cccs1. The highest BCUT2D eigenvalue weighted by molar-refractivity contribution is 7.10. The fraction of sp³-hybridized carbons (Fsp3) is 0.125. The first-order valence-corrected chi connectivity index (χ1v) is 8.01. The van der Waals surface area contributed by atoms with E-state index in [0.717, 1.165) is 34.4 Å². The van der Waals surface area contributed by atoms with Crippen LogP contribution in [0, 0.1) is 12.3 Å². The van der Waals surface area contributed by atoms with Crippen molar-refractivity contribution in [3.05, 3.63) is 45.6 Å². The fourth-order valence-electron chi connectivity index (χ4n) is 2.11. The van der Waals surface area contributed by atoms with Crippen LogP contribution in [-0.4, -0.2) is 23.3 Å². The van der Waals surface area contributed by atoms with Gasteiger partial charge in [0, 0.05) is 10.6 Å². The van der Waals surface area contributed by atoms with E-state index in [1.807, 2.05) is 5.92 Å². The van der Waals surface area contributed by atoms with Crippen molar-refractivity contribution in [2.75, 3.05) is 4.90 Å². The number of amides is 1. The maximum Gasteiger partial charge on any atom is 0.573 e. The van der Waals surface area contributed by atoms with E-state index in [0.29, 0.717) is 4.88 Å². The minimum atomic E-state index is -4.96. The van der Waals surface area contributed by atoms with E-state index in [4.69, 9.17) is 18.0 Å². The van der Waals surface area contributed by atoms with Crippen LogP contribution >= 0.6 is 22.9 Å². The summed E-state index contributed by atoms with van der Waals surface area (Å²) in [5.41, 5.74) is -0.0896. The molecule has 1 aromatic carbocycles. The average Bonchev–Trinajstić information content (AvgIpc) is 3.06. The van der Waals surface area contributed by atoms with Crippen molar-refractivity contribution in [2.24, 2.45) is 0 Å². The summed E-state index contributed by atoms with van der Waals surface area (Å²) in [5, 5.41) is 10.7. The highest BCUT2D eigenvalue weighted by Gasteiger charge is 2.35. The molecule has 26 heavy (non-hydrogen) atoms. The number of anilines is 1. The summed E-state index contributed by atoms with van der Waals surface area (Å²) >= 11 is 6.85. The Morgan fingerprint density at radius 1 is 1.35 bits per heavy atom. The molecule has 10 heteroatoms. The van der Waals surface area contributed by atoms with Gasteiger partial charge in [-0.25, -0.2) is 4.79 Å². The molecule has 1 N–H and O–H groups in total. The highest BCUT2D eigenvalue weighted by Crippen LogP contribution is 2.36. The second-order valence-corrected chi connectivity index (χ2v) is 6.12. The van der Waals surface area contributed by atoms with E-state index in [9.17, 15) is 27.9 Å². The van der Waals surface area contributed by atoms with Crippen LogP contribution in [0.2, 0.25) is 5.02 Å². The lowest BCUT2D eigenvalue weighted by atomic mass is 10.1. The molecule has 0 aliphatic carbocycles. The van der Waals surface area contributed by atoms with Gasteiger partial charge in [0.05, 0.1) is 5.02 Å². The number of halogens is 4. The number of terminal acetylenes is 1. The number of carbonyl (C=O) groups is 2. The van der Waals surface area contributed by atoms with Gasteiger partial charge in [0.15, 0.2) is 6.04 Å². The summed E-state index contributed by atoms with van der Waals surface area (Å²) in [7, 11) is 0. The molecule has 0 fully saturated rings. The number of hydrogen-bond donors (Lipinski definition) is 1. The molecular formula is C16H9ClF3NO4S. The Morgan fingerprint density at radius 3 is 2.50 bits per heavy atom. The Hall–Kier alpha value is -2.70. The molecule has 1 unspecified atom stereocenters. The van der Waals surface area contributed by atoms with Crippen LogP contribution in [0.15, 0.2) is 35.7 Å². The molecule has 0 spiro atoms. The fourth-order valence-corrected chi connectivity index (χ4v) is 3.13. The van der Waals surface area contributed by atoms with E-state index in [2.05, 4.69) is 4.74 Å². The van der Waals surface area contributed by atoms with Gasteiger partial charge in [0.1, 0.15) is 5.75 Å². The van der Waals surface area contributed by atoms with Crippen molar-refractivity contribution in [2.45, 2.75) is 12.4 Å². The standard InChI is InChI=1S/C16H9ClF3NO4S/c1-2-13(22)21(14(15(23)24)12-4-3-7-26-12)9-5-6-11(10(17)8-9)25-16(18,19)20/h1,3-8,14H,(H,23,24). The third-order valence-corrected chi connectivity index (χ3v) is 4.29. The molecule has 1 aromatic heterocycles. The summed E-state index contributed by atoms with van der Waals surface area (Å²) in [4.78, 5) is 24.9. The van der Waals surface area contributed by atoms with Crippen LogP contribution in [0.4, 0.5) is 18.9 Å². The van der Waals surface area contributed by atoms with Gasteiger partial charge >= 0.3 is 18.2 Å². The number of carboxylic acids is 1. The largest absolute Gasteiger partial charge is 0.573 e. The third kappa shape index (κ3) is 4.47. The monoisotopic (exact) mass is 403 g/mol. The molecule has 0 radical (unpaired) electrons. The Balaban J connectivity index is 2.51. The van der Waals surface area contributed by atoms with Crippen LogP contribution in [0.5, 0.6) is 5.75 Å². The molecular weight excluding hydrogens is 395 g/mol. The van der Waals surface area contributed by atoms with Gasteiger partial charge in [0.2, 0.25) is 0 Å². The molecule has 1 atom stereocenters. The summed E-state index contributed by atoms with van der Waals surface area (Å²) < 4.78 is 40.7. The van der Waals surface area contributed by atoms with Gasteiger partial charge in [0.25, 0.3) is 0 Å². The molecule has 0 aliphatic heterocycles. The maximum absolute atomic E-state index is 12.3. The van der Waals surface area contributed by atoms with Crippen LogP contribution < -0.4 is 9.64 Å². The molecule has 0 bridgehead atoms. The minimum Gasteiger partial charge on any atom is -0.479 e. The normalized spacial score (nSPS) is 12.1. The second-order valence-electron chi connectivity index (χ2n) is 4.74. The van der Waals surface area contributed by atoms with Crippen LogP contribution in [-0.2, 0) is 9.59 Å². The first-order chi connectivity index (χ1) is 12.1. The lowest BCUT2D eigenvalue weighted by Gasteiger charge is -2.27. The zero-order valence-corrected chi connectivity index (χ0v) is 14.2. The molecule has 1 amide bonds. The number of aliphatic carboxylic acids is 1. The van der Waals surface area contributed by atoms with Gasteiger partial charge in [-0.3, -0.25) is 9.69 Å². The zero-order chi connectivity index (χ0) is 19.5. The van der Waals surface area contributed by atoms with Gasteiger partial charge in [-0.2, -0.15) is 0 Å². The number of rotatable bonds is 5. The summed E-state index contributed by atoms with van der Waals surface area (Å²) in [6.07, 6.45) is 0.157. The van der Waals surface area contributed by atoms with E-state index < -0.39 is 35.1 Å². The van der Waals surface area contributed by atoms with E-state index in [1.54, 1.807) is 11.4 Å². The molecule has 1 heterocycles. The Bertz CT molecular complexity index is 861. The van der Waals surface area contributed by atoms with E-state index in [1.165, 1.54) is 6.07 Å². The van der Waals surface area contributed by atoms with Crippen molar-refractivity contribution < 1.29 is 32.6 Å². The topological polar surface area (TPSA) is 66.8 Å². The van der Waals surface area contributed by atoms with E-state index >= 15 is 0 Å². The Morgan fingerprint density at radius 2 is 2.04 bits per heavy atom. The number of thiophene rings is 1. The molecule has 5 nitrogen and oxygen atoms in total. The third-order valence-electron chi connectivity index (χ3n) is 3.07. The quantitative estimate of drug-likeness (QED) is 0.763. The number of benzene rings is 1. The Labute approximate surface area is 154 Å². The summed E-state index contributed by atoms with van der Waals surface area (Å²) in [6, 6.07) is 4.51. The number of carbonyl (C=O) groups excluding carboxylic acids is 1. The Kier molecular flexibility index (Phi) is 5.79. The van der Waals surface area contributed by atoms with Crippen LogP contribution in [0.25, 0.3) is 0 Å². The average molecular weight is 404 g/mol. The predicted molar refractivity (Wildman–Crippen MR) is 89.1 cm³/mol. The summed E-state index contributed by atoms with van der Waals surface area (Å²) in [6.45, 7) is 0. The lowest BCUT2D eigenvalue weighted by molar-refractivity contribution is -0.274.